The second-order valence-corrected chi connectivity index (χ2v) is 3.84. The van der Waals surface area contributed by atoms with Crippen molar-refractivity contribution >= 4 is 0 Å². The standard InChI is InChI=1S/C11H24O2/c1-3-5-6-7-10(4-2)8-11(13)9-12/h10-13H,3-9H2,1-2H3. The van der Waals surface area contributed by atoms with Crippen LogP contribution in [0.2, 0.25) is 0 Å². The van der Waals surface area contributed by atoms with Gasteiger partial charge in [-0.2, -0.15) is 0 Å². The van der Waals surface area contributed by atoms with Gasteiger partial charge in [-0.3, -0.25) is 0 Å². The van der Waals surface area contributed by atoms with Crippen LogP contribution in [-0.4, -0.2) is 22.9 Å². The molecule has 2 N–H and O–H groups in total. The molecule has 2 nitrogen and oxygen atoms in total. The van der Waals surface area contributed by atoms with Gasteiger partial charge in [0.15, 0.2) is 0 Å². The molecule has 13 heavy (non-hydrogen) atoms. The summed E-state index contributed by atoms with van der Waals surface area (Å²) in [4.78, 5) is 0. The van der Waals surface area contributed by atoms with Gasteiger partial charge in [0.05, 0.1) is 12.7 Å². The maximum Gasteiger partial charge on any atom is 0.0773 e. The van der Waals surface area contributed by atoms with Crippen LogP contribution in [0.1, 0.15) is 52.4 Å². The molecular weight excluding hydrogens is 164 g/mol. The molecular formula is C11H24O2. The van der Waals surface area contributed by atoms with Crippen LogP contribution in [0.15, 0.2) is 0 Å². The Morgan fingerprint density at radius 1 is 1.15 bits per heavy atom. The lowest BCUT2D eigenvalue weighted by Gasteiger charge is -2.17. The Kier molecular flexibility index (Phi) is 8.46. The highest BCUT2D eigenvalue weighted by Crippen LogP contribution is 2.18. The summed E-state index contributed by atoms with van der Waals surface area (Å²) >= 11 is 0. The topological polar surface area (TPSA) is 40.5 Å². The lowest BCUT2D eigenvalue weighted by molar-refractivity contribution is 0.0717. The summed E-state index contributed by atoms with van der Waals surface area (Å²) in [5.41, 5.74) is 0. The van der Waals surface area contributed by atoms with E-state index < -0.39 is 6.10 Å². The third kappa shape index (κ3) is 7.03. The highest BCUT2D eigenvalue weighted by molar-refractivity contribution is 4.63. The average Bonchev–Trinajstić information content (AvgIpc) is 2.16. The van der Waals surface area contributed by atoms with Gasteiger partial charge in [-0.25, -0.2) is 0 Å². The van der Waals surface area contributed by atoms with Gasteiger partial charge in [0.25, 0.3) is 0 Å². The highest BCUT2D eigenvalue weighted by Gasteiger charge is 2.11. The molecule has 80 valence electrons. The van der Waals surface area contributed by atoms with Crippen molar-refractivity contribution in [3.8, 4) is 0 Å². The molecule has 0 fully saturated rings. The molecule has 0 aromatic rings. The fraction of sp³-hybridized carbons (Fsp3) is 1.00. The smallest absolute Gasteiger partial charge is 0.0773 e. The monoisotopic (exact) mass is 188 g/mol. The van der Waals surface area contributed by atoms with E-state index in [4.69, 9.17) is 5.11 Å². The number of hydrogen-bond acceptors (Lipinski definition) is 2. The van der Waals surface area contributed by atoms with Crippen LogP contribution in [-0.2, 0) is 0 Å². The summed E-state index contributed by atoms with van der Waals surface area (Å²) in [6, 6.07) is 0. The first kappa shape index (κ1) is 12.9. The van der Waals surface area contributed by atoms with Gasteiger partial charge in [-0.15, -0.1) is 0 Å². The van der Waals surface area contributed by atoms with Crippen molar-refractivity contribution in [1.82, 2.24) is 0 Å². The van der Waals surface area contributed by atoms with E-state index in [1.165, 1.54) is 25.7 Å². The van der Waals surface area contributed by atoms with E-state index in [-0.39, 0.29) is 6.61 Å². The van der Waals surface area contributed by atoms with E-state index in [0.29, 0.717) is 5.92 Å². The molecule has 0 aliphatic carbocycles. The Labute approximate surface area is 82.0 Å². The zero-order chi connectivity index (χ0) is 10.1. The number of aliphatic hydroxyl groups excluding tert-OH is 2. The first-order valence-electron chi connectivity index (χ1n) is 5.53. The Hall–Kier alpha value is -0.0800. The molecule has 2 heteroatoms. The normalized spacial score (nSPS) is 15.7. The maximum absolute atomic E-state index is 9.27. The van der Waals surface area contributed by atoms with Gasteiger partial charge in [0, 0.05) is 0 Å². The lowest BCUT2D eigenvalue weighted by atomic mass is 9.93. The SMILES string of the molecule is CCCCCC(CC)CC(O)CO. The number of aliphatic hydroxyl groups is 2. The Bertz CT molecular complexity index is 104. The average molecular weight is 188 g/mol. The summed E-state index contributed by atoms with van der Waals surface area (Å²) in [5, 5.41) is 18.0. The molecule has 0 saturated carbocycles. The second-order valence-electron chi connectivity index (χ2n) is 3.84. The minimum atomic E-state index is -0.508. The molecule has 0 aliphatic heterocycles. The molecule has 0 spiro atoms. The molecule has 0 saturated heterocycles. The predicted octanol–water partition coefficient (Wildman–Crippen LogP) is 2.34. The third-order valence-corrected chi connectivity index (χ3v) is 2.61. The van der Waals surface area contributed by atoms with Crippen LogP contribution in [0.5, 0.6) is 0 Å². The van der Waals surface area contributed by atoms with Crippen molar-refractivity contribution < 1.29 is 10.2 Å². The lowest BCUT2D eigenvalue weighted by Crippen LogP contribution is -2.17. The Morgan fingerprint density at radius 2 is 1.85 bits per heavy atom. The van der Waals surface area contributed by atoms with Crippen LogP contribution >= 0.6 is 0 Å². The zero-order valence-electron chi connectivity index (χ0n) is 9.00. The molecule has 0 bridgehead atoms. The van der Waals surface area contributed by atoms with Crippen molar-refractivity contribution in [1.29, 1.82) is 0 Å². The van der Waals surface area contributed by atoms with Crippen molar-refractivity contribution in [3.63, 3.8) is 0 Å². The van der Waals surface area contributed by atoms with Gasteiger partial charge in [-0.1, -0.05) is 46.0 Å². The molecule has 0 aromatic carbocycles. The zero-order valence-corrected chi connectivity index (χ0v) is 9.00. The summed E-state index contributed by atoms with van der Waals surface area (Å²) in [6.07, 6.45) is 6.35. The van der Waals surface area contributed by atoms with E-state index >= 15 is 0 Å². The molecule has 0 aromatic heterocycles. The molecule has 0 amide bonds. The van der Waals surface area contributed by atoms with Crippen LogP contribution < -0.4 is 0 Å². The van der Waals surface area contributed by atoms with Crippen LogP contribution in [0.25, 0.3) is 0 Å². The van der Waals surface area contributed by atoms with Gasteiger partial charge < -0.3 is 10.2 Å². The van der Waals surface area contributed by atoms with Crippen LogP contribution in [0.3, 0.4) is 0 Å². The molecule has 2 unspecified atom stereocenters. The fourth-order valence-electron chi connectivity index (χ4n) is 1.63. The maximum atomic E-state index is 9.27. The Balaban J connectivity index is 3.50. The molecule has 2 atom stereocenters. The van der Waals surface area contributed by atoms with E-state index in [1.807, 2.05) is 0 Å². The highest BCUT2D eigenvalue weighted by atomic mass is 16.3. The summed E-state index contributed by atoms with van der Waals surface area (Å²) in [7, 11) is 0. The minimum Gasteiger partial charge on any atom is -0.394 e. The summed E-state index contributed by atoms with van der Waals surface area (Å²) in [5.74, 6) is 0.591. The van der Waals surface area contributed by atoms with Gasteiger partial charge in [0.2, 0.25) is 0 Å². The number of unbranched alkanes of at least 4 members (excludes halogenated alkanes) is 2. The van der Waals surface area contributed by atoms with Crippen molar-refractivity contribution in [2.45, 2.75) is 58.5 Å². The largest absolute Gasteiger partial charge is 0.394 e. The van der Waals surface area contributed by atoms with Crippen LogP contribution in [0.4, 0.5) is 0 Å². The fourth-order valence-corrected chi connectivity index (χ4v) is 1.63. The molecule has 0 heterocycles. The molecule has 0 aliphatic rings. The van der Waals surface area contributed by atoms with Crippen molar-refractivity contribution in [3.05, 3.63) is 0 Å². The minimum absolute atomic E-state index is 0.0930. The van der Waals surface area contributed by atoms with E-state index in [9.17, 15) is 5.11 Å². The second kappa shape index (κ2) is 8.52. The van der Waals surface area contributed by atoms with E-state index in [2.05, 4.69) is 13.8 Å². The van der Waals surface area contributed by atoms with E-state index in [0.717, 1.165) is 12.8 Å². The number of rotatable bonds is 8. The molecule has 0 rings (SSSR count). The van der Waals surface area contributed by atoms with E-state index in [1.54, 1.807) is 0 Å². The number of hydrogen-bond donors (Lipinski definition) is 2. The van der Waals surface area contributed by atoms with Crippen molar-refractivity contribution in [2.24, 2.45) is 5.92 Å². The first-order valence-corrected chi connectivity index (χ1v) is 5.53. The van der Waals surface area contributed by atoms with Crippen molar-refractivity contribution in [2.75, 3.05) is 6.61 Å². The predicted molar refractivity (Wildman–Crippen MR) is 55.6 cm³/mol. The summed E-state index contributed by atoms with van der Waals surface area (Å²) < 4.78 is 0. The van der Waals surface area contributed by atoms with Gasteiger partial charge in [0.1, 0.15) is 0 Å². The summed E-state index contributed by atoms with van der Waals surface area (Å²) in [6.45, 7) is 4.26. The van der Waals surface area contributed by atoms with Gasteiger partial charge >= 0.3 is 0 Å². The quantitative estimate of drug-likeness (QED) is 0.574. The molecule has 0 radical (unpaired) electrons. The third-order valence-electron chi connectivity index (χ3n) is 2.61. The van der Waals surface area contributed by atoms with Crippen LogP contribution in [0, 0.1) is 5.92 Å². The Morgan fingerprint density at radius 3 is 2.31 bits per heavy atom. The van der Waals surface area contributed by atoms with Gasteiger partial charge in [-0.05, 0) is 12.3 Å². The first-order chi connectivity index (χ1) is 6.24.